The fraction of sp³-hybridized carbons (Fsp3) is 0.188. The van der Waals surface area contributed by atoms with Crippen LogP contribution in [0.4, 0.5) is 17.6 Å². The number of anilines is 3. The van der Waals surface area contributed by atoms with Crippen LogP contribution in [0.1, 0.15) is 11.3 Å². The van der Waals surface area contributed by atoms with Crippen molar-refractivity contribution in [2.75, 3.05) is 17.4 Å². The molecule has 3 aromatic rings. The van der Waals surface area contributed by atoms with Crippen molar-refractivity contribution < 1.29 is 14.0 Å². The Bertz CT molecular complexity index is 864. The quantitative estimate of drug-likeness (QED) is 0.739. The number of aryl methyl sites for hydroxylation is 1. The van der Waals surface area contributed by atoms with Gasteiger partial charge in [-0.15, -0.1) is 0 Å². The maximum Gasteiger partial charge on any atom is 0.231 e. The van der Waals surface area contributed by atoms with Gasteiger partial charge in [0.1, 0.15) is 11.6 Å². The number of ether oxygens (including phenoxy) is 2. The van der Waals surface area contributed by atoms with Gasteiger partial charge in [0.2, 0.25) is 12.7 Å². The van der Waals surface area contributed by atoms with Crippen LogP contribution >= 0.6 is 0 Å². The zero-order chi connectivity index (χ0) is 16.4. The topological polar surface area (TPSA) is 94.3 Å². The average Bonchev–Trinajstić information content (AvgIpc) is 3.21. The van der Waals surface area contributed by atoms with E-state index in [2.05, 4.69) is 25.8 Å². The number of hydrogen-bond acceptors (Lipinski definition) is 8. The molecule has 0 radical (unpaired) electrons. The number of nitrogens with zero attached hydrogens (tertiary/aromatic N) is 3. The second-order valence-corrected chi connectivity index (χ2v) is 5.25. The van der Waals surface area contributed by atoms with E-state index in [-0.39, 0.29) is 6.79 Å². The number of hydrogen-bond donors (Lipinski definition) is 2. The zero-order valence-electron chi connectivity index (χ0n) is 12.9. The molecule has 3 heterocycles. The molecule has 0 aliphatic carbocycles. The molecule has 0 fully saturated rings. The van der Waals surface area contributed by atoms with Crippen LogP contribution in [0.25, 0.3) is 0 Å². The third kappa shape index (κ3) is 3.07. The van der Waals surface area contributed by atoms with Crippen LogP contribution in [-0.4, -0.2) is 21.9 Å². The minimum atomic E-state index is 0.268. The highest BCUT2D eigenvalue weighted by Gasteiger charge is 2.13. The minimum Gasteiger partial charge on any atom is -0.454 e. The van der Waals surface area contributed by atoms with Gasteiger partial charge < -0.3 is 24.6 Å². The van der Waals surface area contributed by atoms with Crippen molar-refractivity contribution >= 4 is 17.6 Å². The van der Waals surface area contributed by atoms with E-state index in [0.717, 1.165) is 22.8 Å². The molecule has 4 rings (SSSR count). The smallest absolute Gasteiger partial charge is 0.231 e. The SMILES string of the molecule is Cc1cc(Nc2ccnc(NCc3ccc4c(c3)OCO4)n2)no1. The van der Waals surface area contributed by atoms with E-state index in [0.29, 0.717) is 24.1 Å². The van der Waals surface area contributed by atoms with Gasteiger partial charge >= 0.3 is 0 Å². The molecule has 0 saturated carbocycles. The van der Waals surface area contributed by atoms with E-state index in [1.165, 1.54) is 0 Å². The van der Waals surface area contributed by atoms with E-state index in [1.807, 2.05) is 25.1 Å². The Morgan fingerprint density at radius 2 is 2.00 bits per heavy atom. The van der Waals surface area contributed by atoms with E-state index >= 15 is 0 Å². The fourth-order valence-corrected chi connectivity index (χ4v) is 2.30. The summed E-state index contributed by atoms with van der Waals surface area (Å²) in [7, 11) is 0. The van der Waals surface area contributed by atoms with Crippen molar-refractivity contribution in [3.05, 3.63) is 47.9 Å². The molecule has 2 N–H and O–H groups in total. The second kappa shape index (κ2) is 6.07. The van der Waals surface area contributed by atoms with Gasteiger partial charge in [-0.3, -0.25) is 0 Å². The molecular formula is C16H15N5O3. The molecule has 0 saturated heterocycles. The van der Waals surface area contributed by atoms with Crippen LogP contribution in [0.5, 0.6) is 11.5 Å². The summed E-state index contributed by atoms with van der Waals surface area (Å²) in [6.07, 6.45) is 1.67. The summed E-state index contributed by atoms with van der Waals surface area (Å²) in [4.78, 5) is 8.61. The van der Waals surface area contributed by atoms with Crippen molar-refractivity contribution in [3.8, 4) is 11.5 Å². The third-order valence-electron chi connectivity index (χ3n) is 3.43. The molecule has 0 bridgehead atoms. The second-order valence-electron chi connectivity index (χ2n) is 5.25. The summed E-state index contributed by atoms with van der Waals surface area (Å²) in [5.41, 5.74) is 1.05. The first kappa shape index (κ1) is 14.3. The van der Waals surface area contributed by atoms with E-state index in [1.54, 1.807) is 18.3 Å². The normalized spacial score (nSPS) is 12.2. The molecule has 24 heavy (non-hydrogen) atoms. The Morgan fingerprint density at radius 1 is 1.08 bits per heavy atom. The van der Waals surface area contributed by atoms with Crippen molar-refractivity contribution in [3.63, 3.8) is 0 Å². The zero-order valence-corrected chi connectivity index (χ0v) is 12.9. The monoisotopic (exact) mass is 325 g/mol. The Morgan fingerprint density at radius 3 is 2.88 bits per heavy atom. The third-order valence-corrected chi connectivity index (χ3v) is 3.43. The molecule has 0 unspecified atom stereocenters. The van der Waals surface area contributed by atoms with Crippen molar-refractivity contribution in [2.24, 2.45) is 0 Å². The number of fused-ring (bicyclic) bond motifs is 1. The van der Waals surface area contributed by atoms with Crippen LogP contribution in [0, 0.1) is 6.92 Å². The maximum absolute atomic E-state index is 5.37. The first-order chi connectivity index (χ1) is 11.8. The van der Waals surface area contributed by atoms with Gasteiger partial charge in [0.25, 0.3) is 0 Å². The summed E-state index contributed by atoms with van der Waals surface area (Å²) in [6, 6.07) is 9.36. The summed E-state index contributed by atoms with van der Waals surface area (Å²) in [6.45, 7) is 2.67. The average molecular weight is 325 g/mol. The van der Waals surface area contributed by atoms with Crippen LogP contribution in [0.3, 0.4) is 0 Å². The highest BCUT2D eigenvalue weighted by molar-refractivity contribution is 5.52. The fourth-order valence-electron chi connectivity index (χ4n) is 2.30. The number of nitrogens with one attached hydrogen (secondary N) is 2. The molecule has 1 aliphatic rings. The van der Waals surface area contributed by atoms with Gasteiger partial charge in [-0.1, -0.05) is 11.2 Å². The lowest BCUT2D eigenvalue weighted by molar-refractivity contribution is 0.174. The van der Waals surface area contributed by atoms with Crippen LogP contribution in [0.2, 0.25) is 0 Å². The highest BCUT2D eigenvalue weighted by Crippen LogP contribution is 2.32. The van der Waals surface area contributed by atoms with E-state index in [9.17, 15) is 0 Å². The first-order valence-corrected chi connectivity index (χ1v) is 7.42. The maximum atomic E-state index is 5.37. The standard InChI is InChI=1S/C16H15N5O3/c1-10-6-15(21-24-10)19-14-4-5-17-16(20-14)18-8-11-2-3-12-13(7-11)23-9-22-12/h2-7H,8-9H2,1H3,(H2,17,18,19,20,21). The molecule has 122 valence electrons. The summed E-state index contributed by atoms with van der Waals surface area (Å²) < 4.78 is 15.7. The van der Waals surface area contributed by atoms with E-state index < -0.39 is 0 Å². The number of rotatable bonds is 5. The lowest BCUT2D eigenvalue weighted by Gasteiger charge is -2.07. The lowest BCUT2D eigenvalue weighted by Crippen LogP contribution is -2.05. The molecule has 0 spiro atoms. The predicted octanol–water partition coefficient (Wildman–Crippen LogP) is 2.86. The minimum absolute atomic E-state index is 0.268. The van der Waals surface area contributed by atoms with Crippen LogP contribution in [-0.2, 0) is 6.54 Å². The van der Waals surface area contributed by atoms with E-state index in [4.69, 9.17) is 14.0 Å². The van der Waals surface area contributed by atoms with Crippen LogP contribution < -0.4 is 20.1 Å². The molecule has 0 atom stereocenters. The Labute approximate surface area is 137 Å². The van der Waals surface area contributed by atoms with Gasteiger partial charge in [-0.2, -0.15) is 4.98 Å². The summed E-state index contributed by atoms with van der Waals surface area (Å²) in [5.74, 6) is 4.00. The lowest BCUT2D eigenvalue weighted by atomic mass is 10.2. The molecular weight excluding hydrogens is 310 g/mol. The summed E-state index contributed by atoms with van der Waals surface area (Å²) >= 11 is 0. The number of aromatic nitrogens is 3. The first-order valence-electron chi connectivity index (χ1n) is 7.42. The molecule has 8 heteroatoms. The highest BCUT2D eigenvalue weighted by atomic mass is 16.7. The Kier molecular flexibility index (Phi) is 3.62. The Balaban J connectivity index is 1.42. The van der Waals surface area contributed by atoms with Gasteiger partial charge in [-0.05, 0) is 30.7 Å². The molecule has 8 nitrogen and oxygen atoms in total. The molecule has 0 amide bonds. The van der Waals surface area contributed by atoms with Gasteiger partial charge in [0.15, 0.2) is 17.3 Å². The summed E-state index contributed by atoms with van der Waals surface area (Å²) in [5, 5.41) is 10.1. The van der Waals surface area contributed by atoms with Crippen molar-refractivity contribution in [2.45, 2.75) is 13.5 Å². The van der Waals surface area contributed by atoms with Gasteiger partial charge in [0.05, 0.1) is 0 Å². The van der Waals surface area contributed by atoms with Crippen molar-refractivity contribution in [1.29, 1.82) is 0 Å². The number of benzene rings is 1. The van der Waals surface area contributed by atoms with Crippen LogP contribution in [0.15, 0.2) is 41.1 Å². The van der Waals surface area contributed by atoms with Gasteiger partial charge in [-0.25, -0.2) is 4.98 Å². The largest absolute Gasteiger partial charge is 0.454 e. The Hall–Kier alpha value is -3.29. The van der Waals surface area contributed by atoms with Gasteiger partial charge in [0, 0.05) is 18.8 Å². The molecule has 1 aromatic carbocycles. The molecule has 2 aromatic heterocycles. The predicted molar refractivity (Wildman–Crippen MR) is 86.4 cm³/mol. The molecule has 1 aliphatic heterocycles. The van der Waals surface area contributed by atoms with Crippen molar-refractivity contribution in [1.82, 2.24) is 15.1 Å².